The zero-order valence-corrected chi connectivity index (χ0v) is 12.8. The average molecular weight is 329 g/mol. The fourth-order valence-corrected chi connectivity index (χ4v) is 2.28. The summed E-state index contributed by atoms with van der Waals surface area (Å²) < 4.78 is 0. The maximum atomic E-state index is 12.3. The number of hydrazone groups is 1. The minimum atomic E-state index is -0.250. The van der Waals surface area contributed by atoms with Crippen molar-refractivity contribution in [3.05, 3.63) is 59.4 Å². The first-order valence-corrected chi connectivity index (χ1v) is 7.31. The number of benzene rings is 1. The Morgan fingerprint density at radius 1 is 1.09 bits per heavy atom. The molecule has 0 N–H and O–H groups in total. The van der Waals surface area contributed by atoms with Crippen molar-refractivity contribution in [2.24, 2.45) is 5.10 Å². The van der Waals surface area contributed by atoms with E-state index in [0.29, 0.717) is 10.7 Å². The van der Waals surface area contributed by atoms with Crippen LogP contribution in [0.1, 0.15) is 5.56 Å². The molecular weight excluding hydrogens is 316 g/mol. The van der Waals surface area contributed by atoms with Crippen LogP contribution in [0, 0.1) is 0 Å². The third-order valence-corrected chi connectivity index (χ3v) is 3.59. The van der Waals surface area contributed by atoms with E-state index in [-0.39, 0.29) is 24.9 Å². The SMILES string of the molecule is O=C1CN(c2ccc(Cl)cc2)C(=O)CN1/N=C\c1cccnc1. The number of halogens is 1. The molecule has 3 rings (SSSR count). The molecule has 0 atom stereocenters. The number of rotatable bonds is 3. The molecule has 0 saturated carbocycles. The van der Waals surface area contributed by atoms with Gasteiger partial charge in [-0.15, -0.1) is 0 Å². The van der Waals surface area contributed by atoms with Gasteiger partial charge in [0, 0.05) is 28.7 Å². The van der Waals surface area contributed by atoms with Crippen LogP contribution < -0.4 is 4.90 Å². The highest BCUT2D eigenvalue weighted by molar-refractivity contribution is 6.30. The van der Waals surface area contributed by atoms with Crippen molar-refractivity contribution < 1.29 is 9.59 Å². The normalized spacial score (nSPS) is 15.5. The Morgan fingerprint density at radius 2 is 1.87 bits per heavy atom. The summed E-state index contributed by atoms with van der Waals surface area (Å²) in [7, 11) is 0. The second kappa shape index (κ2) is 6.58. The van der Waals surface area contributed by atoms with E-state index in [1.54, 1.807) is 42.7 Å². The third kappa shape index (κ3) is 3.54. The number of aromatic nitrogens is 1. The lowest BCUT2D eigenvalue weighted by Crippen LogP contribution is -2.52. The first kappa shape index (κ1) is 15.2. The molecule has 1 aliphatic rings. The van der Waals surface area contributed by atoms with Crippen LogP contribution in [0.4, 0.5) is 5.69 Å². The van der Waals surface area contributed by atoms with Gasteiger partial charge in [-0.25, -0.2) is 5.01 Å². The molecule has 0 radical (unpaired) electrons. The van der Waals surface area contributed by atoms with E-state index in [4.69, 9.17) is 11.6 Å². The van der Waals surface area contributed by atoms with Gasteiger partial charge in [0.05, 0.1) is 6.21 Å². The van der Waals surface area contributed by atoms with Gasteiger partial charge in [-0.2, -0.15) is 5.10 Å². The maximum absolute atomic E-state index is 12.3. The van der Waals surface area contributed by atoms with Gasteiger partial charge in [-0.1, -0.05) is 17.7 Å². The number of pyridine rings is 1. The van der Waals surface area contributed by atoms with E-state index in [1.165, 1.54) is 16.1 Å². The quantitative estimate of drug-likeness (QED) is 0.809. The van der Waals surface area contributed by atoms with Gasteiger partial charge in [0.1, 0.15) is 13.1 Å². The van der Waals surface area contributed by atoms with Gasteiger partial charge < -0.3 is 4.90 Å². The number of amides is 2. The van der Waals surface area contributed by atoms with Crippen molar-refractivity contribution in [1.29, 1.82) is 0 Å². The topological polar surface area (TPSA) is 65.9 Å². The summed E-state index contributed by atoms with van der Waals surface area (Å²) in [6, 6.07) is 10.4. The molecule has 2 aromatic rings. The van der Waals surface area contributed by atoms with Crippen molar-refractivity contribution in [2.45, 2.75) is 0 Å². The highest BCUT2D eigenvalue weighted by atomic mass is 35.5. The molecule has 0 aliphatic carbocycles. The summed E-state index contributed by atoms with van der Waals surface area (Å²) in [5.74, 6) is -0.449. The van der Waals surface area contributed by atoms with Gasteiger partial charge in [0.25, 0.3) is 5.91 Å². The number of anilines is 1. The second-order valence-electron chi connectivity index (χ2n) is 4.94. The second-order valence-corrected chi connectivity index (χ2v) is 5.38. The molecular formula is C16H13ClN4O2. The monoisotopic (exact) mass is 328 g/mol. The van der Waals surface area contributed by atoms with Crippen LogP contribution >= 0.6 is 11.6 Å². The molecule has 0 unspecified atom stereocenters. The van der Waals surface area contributed by atoms with Crippen molar-refractivity contribution in [3.63, 3.8) is 0 Å². The van der Waals surface area contributed by atoms with E-state index in [1.807, 2.05) is 6.07 Å². The van der Waals surface area contributed by atoms with Gasteiger partial charge in [0.15, 0.2) is 0 Å². The number of hydrogen-bond donors (Lipinski definition) is 0. The van der Waals surface area contributed by atoms with E-state index >= 15 is 0 Å². The van der Waals surface area contributed by atoms with Crippen LogP contribution in [0.3, 0.4) is 0 Å². The lowest BCUT2D eigenvalue weighted by molar-refractivity contribution is -0.138. The van der Waals surface area contributed by atoms with Crippen LogP contribution in [-0.4, -0.2) is 41.1 Å². The molecule has 2 heterocycles. The molecule has 2 amide bonds. The summed E-state index contributed by atoms with van der Waals surface area (Å²) in [4.78, 5) is 29.8. The highest BCUT2D eigenvalue weighted by Gasteiger charge is 2.30. The van der Waals surface area contributed by atoms with Crippen LogP contribution in [0.5, 0.6) is 0 Å². The first-order chi connectivity index (χ1) is 11.1. The van der Waals surface area contributed by atoms with E-state index in [0.717, 1.165) is 5.56 Å². The van der Waals surface area contributed by atoms with Crippen LogP contribution in [0.15, 0.2) is 53.9 Å². The van der Waals surface area contributed by atoms with Gasteiger partial charge in [-0.05, 0) is 30.3 Å². The molecule has 1 aromatic heterocycles. The lowest BCUT2D eigenvalue weighted by atomic mass is 10.2. The van der Waals surface area contributed by atoms with E-state index in [2.05, 4.69) is 10.1 Å². The minimum Gasteiger partial charge on any atom is -0.301 e. The molecule has 0 bridgehead atoms. The Morgan fingerprint density at radius 3 is 2.57 bits per heavy atom. The summed E-state index contributed by atoms with van der Waals surface area (Å²) in [6.45, 7) is -0.150. The van der Waals surface area contributed by atoms with Gasteiger partial charge >= 0.3 is 0 Å². The Labute approximate surface area is 138 Å². The van der Waals surface area contributed by atoms with Crippen molar-refractivity contribution in [2.75, 3.05) is 18.0 Å². The number of carbonyl (C=O) groups excluding carboxylic acids is 2. The van der Waals surface area contributed by atoms with Gasteiger partial charge in [0.2, 0.25) is 5.91 Å². The number of piperazine rings is 1. The predicted molar refractivity (Wildman–Crippen MR) is 87.3 cm³/mol. The molecule has 1 aliphatic heterocycles. The Hall–Kier alpha value is -2.73. The number of hydrogen-bond acceptors (Lipinski definition) is 4. The van der Waals surface area contributed by atoms with Crippen LogP contribution in [0.2, 0.25) is 5.02 Å². The molecule has 6 nitrogen and oxygen atoms in total. The Balaban J connectivity index is 1.72. The Kier molecular flexibility index (Phi) is 4.34. The summed E-state index contributed by atoms with van der Waals surface area (Å²) in [5.41, 5.74) is 1.40. The zero-order valence-electron chi connectivity index (χ0n) is 12.1. The van der Waals surface area contributed by atoms with Crippen molar-refractivity contribution in [1.82, 2.24) is 9.99 Å². The minimum absolute atomic E-state index is 0.0507. The van der Waals surface area contributed by atoms with E-state index < -0.39 is 0 Å². The molecule has 116 valence electrons. The fourth-order valence-electron chi connectivity index (χ4n) is 2.16. The Bertz CT molecular complexity index is 746. The van der Waals surface area contributed by atoms with Crippen molar-refractivity contribution >= 4 is 35.3 Å². The largest absolute Gasteiger partial charge is 0.301 e. The zero-order chi connectivity index (χ0) is 16.2. The molecule has 7 heteroatoms. The maximum Gasteiger partial charge on any atom is 0.263 e. The summed E-state index contributed by atoms with van der Waals surface area (Å²) in [5, 5.41) is 5.82. The smallest absolute Gasteiger partial charge is 0.263 e. The first-order valence-electron chi connectivity index (χ1n) is 6.94. The molecule has 23 heavy (non-hydrogen) atoms. The average Bonchev–Trinajstić information content (AvgIpc) is 2.57. The lowest BCUT2D eigenvalue weighted by Gasteiger charge is -2.31. The molecule has 1 saturated heterocycles. The number of carbonyl (C=O) groups is 2. The fraction of sp³-hybridized carbons (Fsp3) is 0.125. The summed E-state index contributed by atoms with van der Waals surface area (Å²) in [6.07, 6.45) is 4.78. The highest BCUT2D eigenvalue weighted by Crippen LogP contribution is 2.20. The predicted octanol–water partition coefficient (Wildman–Crippen LogP) is 1.94. The molecule has 0 spiro atoms. The van der Waals surface area contributed by atoms with Crippen molar-refractivity contribution in [3.8, 4) is 0 Å². The summed E-state index contributed by atoms with van der Waals surface area (Å²) >= 11 is 5.84. The third-order valence-electron chi connectivity index (χ3n) is 3.34. The molecule has 1 fully saturated rings. The van der Waals surface area contributed by atoms with Gasteiger partial charge in [-0.3, -0.25) is 14.6 Å². The van der Waals surface area contributed by atoms with E-state index in [9.17, 15) is 9.59 Å². The van der Waals surface area contributed by atoms with Crippen LogP contribution in [-0.2, 0) is 9.59 Å². The van der Waals surface area contributed by atoms with Crippen LogP contribution in [0.25, 0.3) is 0 Å². The standard InChI is InChI=1S/C16H13ClN4O2/c17-13-3-5-14(6-4-13)20-10-16(23)21(11-15(20)22)19-9-12-2-1-7-18-8-12/h1-9H,10-11H2/b19-9-. The molecule has 1 aromatic carbocycles. The number of nitrogens with zero attached hydrogens (tertiary/aromatic N) is 4.